The van der Waals surface area contributed by atoms with E-state index in [-0.39, 0.29) is 17.8 Å². The molecular weight excluding hydrogens is 281 g/mol. The van der Waals surface area contributed by atoms with Gasteiger partial charge in [0, 0.05) is 18.7 Å². The average molecular weight is 299 g/mol. The minimum atomic E-state index is -0.248. The van der Waals surface area contributed by atoms with Crippen molar-refractivity contribution in [3.05, 3.63) is 71.0 Å². The minimum absolute atomic E-state index is 0.0537. The second-order valence-corrected chi connectivity index (χ2v) is 5.58. The number of likely N-dealkylation sites (tertiary alicyclic amines) is 1. The number of halogens is 1. The van der Waals surface area contributed by atoms with E-state index >= 15 is 0 Å². The summed E-state index contributed by atoms with van der Waals surface area (Å²) in [6, 6.07) is 13.9. The maximum atomic E-state index is 12.8. The van der Waals surface area contributed by atoms with Crippen LogP contribution >= 0.6 is 0 Å². The van der Waals surface area contributed by atoms with Crippen molar-refractivity contribution in [1.29, 1.82) is 0 Å². The normalized spacial score (nSPS) is 14.7. The van der Waals surface area contributed by atoms with E-state index in [9.17, 15) is 9.18 Å². The highest BCUT2D eigenvalue weighted by Crippen LogP contribution is 2.19. The number of rotatable bonds is 4. The first-order valence-electron chi connectivity index (χ1n) is 7.34. The number of benzene rings is 2. The first-order valence-corrected chi connectivity index (χ1v) is 7.34. The van der Waals surface area contributed by atoms with Gasteiger partial charge in [0.25, 0.3) is 5.91 Å². The molecule has 4 heteroatoms. The molecule has 3 nitrogen and oxygen atoms in total. The standard InChI is InChI=1S/C18H18FNO2/c1-13-4-2-3-5-17(13)18(21)20-10-16(11-20)22-12-14-6-8-15(19)9-7-14/h2-9,16H,10-12H2,1H3. The Balaban J connectivity index is 1.49. The van der Waals surface area contributed by atoms with Gasteiger partial charge in [0.15, 0.2) is 0 Å². The van der Waals surface area contributed by atoms with Crippen molar-refractivity contribution in [3.63, 3.8) is 0 Å². The lowest BCUT2D eigenvalue weighted by Gasteiger charge is -2.39. The van der Waals surface area contributed by atoms with Crippen LogP contribution < -0.4 is 0 Å². The van der Waals surface area contributed by atoms with Gasteiger partial charge in [-0.1, -0.05) is 30.3 Å². The Morgan fingerprint density at radius 3 is 2.55 bits per heavy atom. The highest BCUT2D eigenvalue weighted by Gasteiger charge is 2.32. The van der Waals surface area contributed by atoms with Gasteiger partial charge in [-0.25, -0.2) is 4.39 Å². The summed E-state index contributed by atoms with van der Waals surface area (Å²) in [5.74, 6) is -0.192. The highest BCUT2D eigenvalue weighted by atomic mass is 19.1. The van der Waals surface area contributed by atoms with Crippen molar-refractivity contribution in [3.8, 4) is 0 Å². The summed E-state index contributed by atoms with van der Waals surface area (Å²) < 4.78 is 18.5. The molecule has 0 atom stereocenters. The molecule has 2 aromatic carbocycles. The summed E-state index contributed by atoms with van der Waals surface area (Å²) in [7, 11) is 0. The SMILES string of the molecule is Cc1ccccc1C(=O)N1CC(OCc2ccc(F)cc2)C1. The molecule has 0 bridgehead atoms. The van der Waals surface area contributed by atoms with Gasteiger partial charge in [-0.2, -0.15) is 0 Å². The summed E-state index contributed by atoms with van der Waals surface area (Å²) in [6.07, 6.45) is 0.0537. The van der Waals surface area contributed by atoms with E-state index in [1.165, 1.54) is 12.1 Å². The number of hydrogen-bond acceptors (Lipinski definition) is 2. The molecule has 2 aromatic rings. The predicted molar refractivity (Wildman–Crippen MR) is 82.1 cm³/mol. The summed E-state index contributed by atoms with van der Waals surface area (Å²) in [4.78, 5) is 14.1. The Labute approximate surface area is 129 Å². The van der Waals surface area contributed by atoms with Gasteiger partial charge in [0.1, 0.15) is 5.82 Å². The van der Waals surface area contributed by atoms with Crippen LogP contribution in [0.5, 0.6) is 0 Å². The van der Waals surface area contributed by atoms with Gasteiger partial charge < -0.3 is 9.64 Å². The van der Waals surface area contributed by atoms with E-state index in [2.05, 4.69) is 0 Å². The maximum Gasteiger partial charge on any atom is 0.254 e. The number of aryl methyl sites for hydroxylation is 1. The number of hydrogen-bond donors (Lipinski definition) is 0. The van der Waals surface area contributed by atoms with E-state index in [0.29, 0.717) is 19.7 Å². The van der Waals surface area contributed by atoms with Gasteiger partial charge in [-0.15, -0.1) is 0 Å². The van der Waals surface area contributed by atoms with Crippen LogP contribution in [-0.2, 0) is 11.3 Å². The first-order chi connectivity index (χ1) is 10.6. The summed E-state index contributed by atoms with van der Waals surface area (Å²) in [5.41, 5.74) is 2.67. The van der Waals surface area contributed by atoms with Crippen molar-refractivity contribution < 1.29 is 13.9 Å². The fourth-order valence-corrected chi connectivity index (χ4v) is 2.49. The van der Waals surface area contributed by atoms with Crippen LogP contribution in [0.25, 0.3) is 0 Å². The van der Waals surface area contributed by atoms with Crippen molar-refractivity contribution in [2.75, 3.05) is 13.1 Å². The molecule has 3 rings (SSSR count). The third-order valence-electron chi connectivity index (χ3n) is 3.91. The Kier molecular flexibility index (Phi) is 4.20. The number of carbonyl (C=O) groups excluding carboxylic acids is 1. The van der Waals surface area contributed by atoms with Crippen molar-refractivity contribution in [1.82, 2.24) is 4.90 Å². The van der Waals surface area contributed by atoms with E-state index in [1.54, 1.807) is 17.0 Å². The zero-order valence-corrected chi connectivity index (χ0v) is 12.5. The molecule has 0 aromatic heterocycles. The monoisotopic (exact) mass is 299 g/mol. The molecule has 1 fully saturated rings. The zero-order valence-electron chi connectivity index (χ0n) is 12.5. The second-order valence-electron chi connectivity index (χ2n) is 5.58. The smallest absolute Gasteiger partial charge is 0.254 e. The van der Waals surface area contributed by atoms with Crippen molar-refractivity contribution >= 4 is 5.91 Å². The third-order valence-corrected chi connectivity index (χ3v) is 3.91. The van der Waals surface area contributed by atoms with Crippen LogP contribution in [0, 0.1) is 12.7 Å². The van der Waals surface area contributed by atoms with Gasteiger partial charge >= 0.3 is 0 Å². The van der Waals surface area contributed by atoms with Gasteiger partial charge in [-0.3, -0.25) is 4.79 Å². The van der Waals surface area contributed by atoms with E-state index in [4.69, 9.17) is 4.74 Å². The number of nitrogens with zero attached hydrogens (tertiary/aromatic N) is 1. The van der Waals surface area contributed by atoms with Crippen LogP contribution in [0.4, 0.5) is 4.39 Å². The third kappa shape index (κ3) is 3.17. The molecule has 1 aliphatic rings. The molecule has 0 aliphatic carbocycles. The van der Waals surface area contributed by atoms with Crippen molar-refractivity contribution in [2.45, 2.75) is 19.6 Å². The topological polar surface area (TPSA) is 29.5 Å². The molecule has 0 radical (unpaired) electrons. The maximum absolute atomic E-state index is 12.8. The van der Waals surface area contributed by atoms with Crippen LogP contribution in [0.15, 0.2) is 48.5 Å². The molecule has 114 valence electrons. The summed E-state index contributed by atoms with van der Waals surface area (Å²) >= 11 is 0. The second kappa shape index (κ2) is 6.28. The molecule has 22 heavy (non-hydrogen) atoms. The number of amides is 1. The quantitative estimate of drug-likeness (QED) is 0.868. The van der Waals surface area contributed by atoms with E-state index < -0.39 is 0 Å². The van der Waals surface area contributed by atoms with Crippen LogP contribution in [-0.4, -0.2) is 30.0 Å². The van der Waals surface area contributed by atoms with E-state index in [1.807, 2.05) is 31.2 Å². The average Bonchev–Trinajstić information content (AvgIpc) is 2.47. The zero-order chi connectivity index (χ0) is 15.5. The Bertz CT molecular complexity index is 663. The summed E-state index contributed by atoms with van der Waals surface area (Å²) in [5, 5.41) is 0. The van der Waals surface area contributed by atoms with Crippen molar-refractivity contribution in [2.24, 2.45) is 0 Å². The predicted octanol–water partition coefficient (Wildman–Crippen LogP) is 3.18. The van der Waals surface area contributed by atoms with Gasteiger partial charge in [0.05, 0.1) is 12.7 Å². The van der Waals surface area contributed by atoms with Gasteiger partial charge in [-0.05, 0) is 36.2 Å². The number of carbonyl (C=O) groups is 1. The molecule has 0 spiro atoms. The fraction of sp³-hybridized carbons (Fsp3) is 0.278. The van der Waals surface area contributed by atoms with Gasteiger partial charge in [0.2, 0.25) is 0 Å². The summed E-state index contributed by atoms with van der Waals surface area (Å²) in [6.45, 7) is 3.59. The Morgan fingerprint density at radius 1 is 1.18 bits per heavy atom. The van der Waals surface area contributed by atoms with Crippen LogP contribution in [0.1, 0.15) is 21.5 Å². The molecule has 0 N–H and O–H groups in total. The minimum Gasteiger partial charge on any atom is -0.370 e. The Morgan fingerprint density at radius 2 is 1.86 bits per heavy atom. The van der Waals surface area contributed by atoms with E-state index in [0.717, 1.165) is 16.7 Å². The lowest BCUT2D eigenvalue weighted by Crippen LogP contribution is -2.54. The molecule has 1 aliphatic heterocycles. The van der Waals surface area contributed by atoms with Crippen LogP contribution in [0.3, 0.4) is 0 Å². The molecule has 1 heterocycles. The highest BCUT2D eigenvalue weighted by molar-refractivity contribution is 5.96. The number of ether oxygens (including phenoxy) is 1. The Hall–Kier alpha value is -2.20. The molecule has 1 amide bonds. The molecular formula is C18H18FNO2. The molecule has 0 unspecified atom stereocenters. The molecule has 0 saturated carbocycles. The lowest BCUT2D eigenvalue weighted by atomic mass is 10.0. The lowest BCUT2D eigenvalue weighted by molar-refractivity contribution is -0.0503. The largest absolute Gasteiger partial charge is 0.370 e. The first kappa shape index (κ1) is 14.7. The fourth-order valence-electron chi connectivity index (χ4n) is 2.49. The molecule has 1 saturated heterocycles. The van der Waals surface area contributed by atoms with Crippen LogP contribution in [0.2, 0.25) is 0 Å².